The van der Waals surface area contributed by atoms with Crippen LogP contribution in [0.5, 0.6) is 0 Å². The van der Waals surface area contributed by atoms with Gasteiger partial charge in [0.05, 0.1) is 12.7 Å². The average Bonchev–Trinajstić information content (AvgIpc) is 2.92. The topological polar surface area (TPSA) is 35.5 Å². The monoisotopic (exact) mass is 620 g/mol. The molecular formula is C36H46F2O3Si2. The highest BCUT2D eigenvalue weighted by atomic mass is 28.4. The van der Waals surface area contributed by atoms with Gasteiger partial charge in [0.2, 0.25) is 0 Å². The quantitative estimate of drug-likeness (QED) is 0.106. The summed E-state index contributed by atoms with van der Waals surface area (Å²) < 4.78 is 40.4. The number of benzene rings is 2. The molecule has 1 atom stereocenters. The minimum Gasteiger partial charge on any atom is -0.466 e. The van der Waals surface area contributed by atoms with Crippen LogP contribution in [0.1, 0.15) is 53.4 Å². The molecule has 0 heterocycles. The number of ether oxygens (including phenoxy) is 1. The fourth-order valence-corrected chi connectivity index (χ4v) is 9.94. The molecule has 0 spiro atoms. The zero-order valence-corrected chi connectivity index (χ0v) is 28.7. The van der Waals surface area contributed by atoms with Crippen molar-refractivity contribution in [3.63, 3.8) is 0 Å². The van der Waals surface area contributed by atoms with E-state index in [1.807, 2.05) is 24.1 Å². The summed E-state index contributed by atoms with van der Waals surface area (Å²) in [6.07, 6.45) is 6.48. The van der Waals surface area contributed by atoms with E-state index in [4.69, 9.17) is 9.16 Å². The van der Waals surface area contributed by atoms with Gasteiger partial charge in [-0.1, -0.05) is 125 Å². The Balaban J connectivity index is 2.36. The molecule has 7 heteroatoms. The zero-order valence-electron chi connectivity index (χ0n) is 26.7. The predicted molar refractivity (Wildman–Crippen MR) is 180 cm³/mol. The van der Waals surface area contributed by atoms with E-state index in [1.54, 1.807) is 19.1 Å². The average molecular weight is 621 g/mol. The first-order valence-electron chi connectivity index (χ1n) is 14.9. The van der Waals surface area contributed by atoms with Crippen LogP contribution >= 0.6 is 0 Å². The highest BCUT2D eigenvalue weighted by Gasteiger charge is 2.51. The number of carbonyl (C=O) groups is 1. The van der Waals surface area contributed by atoms with Gasteiger partial charge < -0.3 is 9.16 Å². The maximum absolute atomic E-state index is 14.1. The summed E-state index contributed by atoms with van der Waals surface area (Å²) in [5.74, 6) is 4.19. The van der Waals surface area contributed by atoms with Gasteiger partial charge in [0.15, 0.2) is 0 Å². The summed E-state index contributed by atoms with van der Waals surface area (Å²) in [5, 5.41) is 2.16. The Labute approximate surface area is 259 Å². The molecule has 0 aromatic heterocycles. The maximum atomic E-state index is 14.1. The summed E-state index contributed by atoms with van der Waals surface area (Å²) >= 11 is 0. The lowest BCUT2D eigenvalue weighted by Gasteiger charge is -2.44. The van der Waals surface area contributed by atoms with Crippen LogP contribution in [0, 0.1) is 23.3 Å². The maximum Gasteiger partial charge on any atom is 0.308 e. The molecule has 0 aliphatic carbocycles. The fraction of sp³-hybridized carbons (Fsp3) is 0.417. The summed E-state index contributed by atoms with van der Waals surface area (Å²) in [6, 6.07) is 20.9. The minimum absolute atomic E-state index is 0.0177. The number of alkyl halides is 2. The summed E-state index contributed by atoms with van der Waals surface area (Å²) in [6.45, 7) is 15.2. The molecule has 0 aliphatic heterocycles. The summed E-state index contributed by atoms with van der Waals surface area (Å²) in [5.41, 5.74) is 3.45. The molecule has 0 unspecified atom stereocenters. The van der Waals surface area contributed by atoms with Gasteiger partial charge in [0, 0.05) is 19.3 Å². The van der Waals surface area contributed by atoms with Crippen LogP contribution in [0.4, 0.5) is 8.78 Å². The Kier molecular flexibility index (Phi) is 13.9. The molecule has 2 aromatic carbocycles. The Bertz CT molecular complexity index is 1290. The second-order valence-corrected chi connectivity index (χ2v) is 21.5. The molecule has 3 nitrogen and oxygen atoms in total. The van der Waals surface area contributed by atoms with Crippen LogP contribution in [0.25, 0.3) is 0 Å². The molecule has 0 radical (unpaired) electrons. The van der Waals surface area contributed by atoms with Crippen molar-refractivity contribution < 1.29 is 22.7 Å². The smallest absolute Gasteiger partial charge is 0.308 e. The van der Waals surface area contributed by atoms with Gasteiger partial charge >= 0.3 is 11.9 Å². The minimum atomic E-state index is -3.18. The number of rotatable bonds is 12. The first-order chi connectivity index (χ1) is 20.2. The lowest BCUT2D eigenvalue weighted by atomic mass is 10.1. The second kappa shape index (κ2) is 16.6. The third-order valence-electron chi connectivity index (χ3n) is 6.56. The lowest BCUT2D eigenvalue weighted by molar-refractivity contribution is -0.143. The normalized spacial score (nSPS) is 13.2. The molecular weight excluding hydrogens is 575 g/mol. The number of halogens is 2. The molecule has 0 amide bonds. The van der Waals surface area contributed by atoms with Crippen molar-refractivity contribution in [1.82, 2.24) is 0 Å². The summed E-state index contributed by atoms with van der Waals surface area (Å²) in [4.78, 5) is 11.4. The van der Waals surface area contributed by atoms with Crippen molar-refractivity contribution in [2.24, 2.45) is 0 Å². The van der Waals surface area contributed by atoms with Gasteiger partial charge in [-0.05, 0) is 40.8 Å². The number of hydrogen-bond donors (Lipinski definition) is 0. The SMILES string of the molecule is CCOC(=O)CCCC(F)(F)C#C/C=C/C=C/[C@@H](CC#C[Si](C)(C)C)O[Si](c1ccccc1)(c1ccccc1)C(C)(C)C. The van der Waals surface area contributed by atoms with E-state index < -0.39 is 34.7 Å². The van der Waals surface area contributed by atoms with Gasteiger partial charge in [-0.3, -0.25) is 4.79 Å². The largest absolute Gasteiger partial charge is 0.466 e. The molecule has 0 saturated carbocycles. The highest BCUT2D eigenvalue weighted by Crippen LogP contribution is 2.38. The Hall–Kier alpha value is -3.24. The Morgan fingerprint density at radius 1 is 0.953 bits per heavy atom. The Morgan fingerprint density at radius 3 is 2.05 bits per heavy atom. The lowest BCUT2D eigenvalue weighted by Crippen LogP contribution is -2.67. The molecule has 0 fully saturated rings. The van der Waals surface area contributed by atoms with Crippen molar-refractivity contribution in [2.75, 3.05) is 6.61 Å². The van der Waals surface area contributed by atoms with Gasteiger partial charge in [0.1, 0.15) is 8.07 Å². The molecule has 2 rings (SSSR count). The number of carbonyl (C=O) groups excluding carboxylic acids is 1. The predicted octanol–water partition coefficient (Wildman–Crippen LogP) is 7.69. The fourth-order valence-electron chi connectivity index (χ4n) is 4.67. The second-order valence-electron chi connectivity index (χ2n) is 12.5. The number of esters is 1. The molecule has 0 saturated heterocycles. The molecule has 0 aliphatic rings. The van der Waals surface area contributed by atoms with Gasteiger partial charge in [-0.15, -0.1) is 11.5 Å². The van der Waals surface area contributed by atoms with E-state index in [-0.39, 0.29) is 30.6 Å². The zero-order chi connectivity index (χ0) is 32.0. The number of allylic oxidation sites excluding steroid dienone is 3. The van der Waals surface area contributed by atoms with Crippen molar-refractivity contribution in [2.45, 2.75) is 90.1 Å². The molecule has 2 aromatic rings. The van der Waals surface area contributed by atoms with Crippen LogP contribution in [-0.2, 0) is 14.0 Å². The third kappa shape index (κ3) is 12.1. The van der Waals surface area contributed by atoms with E-state index in [1.165, 1.54) is 16.4 Å². The van der Waals surface area contributed by atoms with Crippen LogP contribution in [0.15, 0.2) is 85.0 Å². The van der Waals surface area contributed by atoms with E-state index in [2.05, 4.69) is 106 Å². The van der Waals surface area contributed by atoms with Gasteiger partial charge in [0.25, 0.3) is 8.32 Å². The molecule has 43 heavy (non-hydrogen) atoms. The molecule has 0 N–H and O–H groups in total. The van der Waals surface area contributed by atoms with Crippen molar-refractivity contribution >= 4 is 32.7 Å². The standard InChI is InChI=1S/C36H46F2O3Si2/c1-8-40-34(39)27-19-29-36(37,38)28-18-10-9-13-21-31(22-20-30-42(5,6)7)41-43(35(2,3)4,32-23-14-11-15-24-32)33-25-16-12-17-26-33/h9-17,21,23-26,31H,8,19,22,27,29H2,1-7H3/b10-9+,21-13+/t31-/m0/s1. The van der Waals surface area contributed by atoms with Crippen LogP contribution in [-0.4, -0.2) is 41.0 Å². The van der Waals surface area contributed by atoms with Crippen molar-refractivity contribution in [3.05, 3.63) is 85.0 Å². The van der Waals surface area contributed by atoms with Gasteiger partial charge in [-0.2, -0.15) is 8.78 Å². The Morgan fingerprint density at radius 2 is 1.53 bits per heavy atom. The van der Waals surface area contributed by atoms with Gasteiger partial charge in [-0.25, -0.2) is 0 Å². The summed E-state index contributed by atoms with van der Waals surface area (Å²) in [7, 11) is -4.42. The first kappa shape index (κ1) is 36.0. The first-order valence-corrected chi connectivity index (χ1v) is 20.3. The molecule has 230 valence electrons. The van der Waals surface area contributed by atoms with Crippen LogP contribution in [0.3, 0.4) is 0 Å². The van der Waals surface area contributed by atoms with E-state index >= 15 is 0 Å². The highest BCUT2D eigenvalue weighted by molar-refractivity contribution is 6.99. The molecule has 0 bridgehead atoms. The third-order valence-corrected chi connectivity index (χ3v) is 12.5. The van der Waals surface area contributed by atoms with E-state index in [0.29, 0.717) is 6.42 Å². The van der Waals surface area contributed by atoms with Crippen LogP contribution < -0.4 is 10.4 Å². The van der Waals surface area contributed by atoms with E-state index in [0.717, 1.165) is 0 Å². The van der Waals surface area contributed by atoms with Crippen molar-refractivity contribution in [1.29, 1.82) is 0 Å². The number of hydrogen-bond acceptors (Lipinski definition) is 3. The van der Waals surface area contributed by atoms with E-state index in [9.17, 15) is 13.6 Å². The van der Waals surface area contributed by atoms with Crippen molar-refractivity contribution in [3.8, 4) is 23.3 Å². The van der Waals surface area contributed by atoms with Crippen LogP contribution in [0.2, 0.25) is 24.7 Å².